The lowest BCUT2D eigenvalue weighted by molar-refractivity contribution is -0.142. The van der Waals surface area contributed by atoms with E-state index < -0.39 is 23.4 Å². The van der Waals surface area contributed by atoms with Crippen LogP contribution in [0.3, 0.4) is 0 Å². The smallest absolute Gasteiger partial charge is 0.338 e. The molecule has 0 aliphatic carbocycles. The molecule has 2 N–H and O–H groups in total. The molecule has 1 spiro atoms. The minimum absolute atomic E-state index is 0.0310. The SMILES string of the molecule is CCOC(=O)C1=C(N(Cc2c(C)cccc2F)C(N)=O)COC12CCN(Cc1ccccc1)CC2. The van der Waals surface area contributed by atoms with Crippen molar-refractivity contribution in [3.63, 3.8) is 0 Å². The van der Waals surface area contributed by atoms with Gasteiger partial charge < -0.3 is 15.2 Å². The molecule has 0 aromatic heterocycles. The van der Waals surface area contributed by atoms with E-state index in [9.17, 15) is 14.0 Å². The fourth-order valence-electron chi connectivity index (χ4n) is 4.97. The van der Waals surface area contributed by atoms with E-state index in [1.54, 1.807) is 26.0 Å². The van der Waals surface area contributed by atoms with Gasteiger partial charge in [0.2, 0.25) is 0 Å². The number of hydrogen-bond acceptors (Lipinski definition) is 5. The summed E-state index contributed by atoms with van der Waals surface area (Å²) in [6, 6.07) is 14.2. The van der Waals surface area contributed by atoms with Crippen LogP contribution in [0, 0.1) is 12.7 Å². The van der Waals surface area contributed by atoms with E-state index in [-0.39, 0.29) is 19.8 Å². The van der Waals surface area contributed by atoms with E-state index in [0.29, 0.717) is 48.3 Å². The van der Waals surface area contributed by atoms with Crippen LogP contribution >= 0.6 is 0 Å². The summed E-state index contributed by atoms with van der Waals surface area (Å²) < 4.78 is 26.2. The van der Waals surface area contributed by atoms with Gasteiger partial charge in [0.15, 0.2) is 0 Å². The molecule has 0 atom stereocenters. The van der Waals surface area contributed by atoms with Crippen LogP contribution in [-0.2, 0) is 27.4 Å². The van der Waals surface area contributed by atoms with Crippen molar-refractivity contribution in [1.82, 2.24) is 9.80 Å². The summed E-state index contributed by atoms with van der Waals surface area (Å²) in [7, 11) is 0. The summed E-state index contributed by atoms with van der Waals surface area (Å²) in [5, 5.41) is 0. The number of nitrogens with zero attached hydrogens (tertiary/aromatic N) is 2. The van der Waals surface area contributed by atoms with E-state index in [2.05, 4.69) is 17.0 Å². The summed E-state index contributed by atoms with van der Waals surface area (Å²) in [6.07, 6.45) is 1.14. The standard InChI is InChI=1S/C27H32FN3O4/c1-3-34-25(32)24-23(31(26(29)33)17-21-19(2)8-7-11-22(21)28)18-35-27(24)12-14-30(15-13-27)16-20-9-5-4-6-10-20/h4-11H,3,12-18H2,1-2H3,(H2,29,33). The molecule has 0 unspecified atom stereocenters. The fourth-order valence-corrected chi connectivity index (χ4v) is 4.97. The first-order valence-corrected chi connectivity index (χ1v) is 12.0. The van der Waals surface area contributed by atoms with Gasteiger partial charge in [-0.15, -0.1) is 0 Å². The number of hydrogen-bond donors (Lipinski definition) is 1. The number of benzene rings is 2. The minimum Gasteiger partial charge on any atom is -0.462 e. The molecule has 1 saturated heterocycles. The average Bonchev–Trinajstić information content (AvgIpc) is 3.19. The zero-order valence-electron chi connectivity index (χ0n) is 20.3. The first-order chi connectivity index (χ1) is 16.8. The predicted molar refractivity (Wildman–Crippen MR) is 130 cm³/mol. The first-order valence-electron chi connectivity index (χ1n) is 12.0. The maximum absolute atomic E-state index is 14.6. The van der Waals surface area contributed by atoms with E-state index in [4.69, 9.17) is 15.2 Å². The molecule has 8 heteroatoms. The highest BCUT2D eigenvalue weighted by Crippen LogP contribution is 2.42. The zero-order valence-corrected chi connectivity index (χ0v) is 20.3. The number of amides is 2. The zero-order chi connectivity index (χ0) is 25.0. The van der Waals surface area contributed by atoms with Crippen molar-refractivity contribution >= 4 is 12.0 Å². The lowest BCUT2D eigenvalue weighted by atomic mass is 9.83. The molecule has 2 amide bonds. The number of esters is 1. The van der Waals surface area contributed by atoms with Gasteiger partial charge in [0.05, 0.1) is 31.0 Å². The number of aryl methyl sites for hydroxylation is 1. The predicted octanol–water partition coefficient (Wildman–Crippen LogP) is 3.90. The molecule has 7 nitrogen and oxygen atoms in total. The van der Waals surface area contributed by atoms with Crippen LogP contribution in [0.5, 0.6) is 0 Å². The third-order valence-electron chi connectivity index (χ3n) is 6.88. The lowest BCUT2D eigenvalue weighted by Crippen LogP contribution is -2.47. The molecule has 1 fully saturated rings. The molecule has 4 rings (SSSR count). The van der Waals surface area contributed by atoms with Crippen LogP contribution < -0.4 is 5.73 Å². The van der Waals surface area contributed by atoms with Crippen molar-refractivity contribution in [2.45, 2.75) is 45.4 Å². The molecule has 2 heterocycles. The lowest BCUT2D eigenvalue weighted by Gasteiger charge is -2.39. The van der Waals surface area contributed by atoms with E-state index >= 15 is 0 Å². The van der Waals surface area contributed by atoms with Gasteiger partial charge in [0.25, 0.3) is 0 Å². The molecular formula is C27H32FN3O4. The summed E-state index contributed by atoms with van der Waals surface area (Å²) in [4.78, 5) is 29.3. The highest BCUT2D eigenvalue weighted by atomic mass is 19.1. The molecule has 2 aliphatic heterocycles. The van der Waals surface area contributed by atoms with Gasteiger partial charge in [-0.2, -0.15) is 0 Å². The van der Waals surface area contributed by atoms with Crippen molar-refractivity contribution in [1.29, 1.82) is 0 Å². The largest absolute Gasteiger partial charge is 0.462 e. The van der Waals surface area contributed by atoms with Crippen molar-refractivity contribution < 1.29 is 23.5 Å². The number of ether oxygens (including phenoxy) is 2. The molecule has 0 radical (unpaired) electrons. The monoisotopic (exact) mass is 481 g/mol. The maximum Gasteiger partial charge on any atom is 0.338 e. The quantitative estimate of drug-likeness (QED) is 0.607. The van der Waals surface area contributed by atoms with E-state index in [0.717, 1.165) is 6.54 Å². The number of urea groups is 1. The Morgan fingerprint density at radius 2 is 1.86 bits per heavy atom. The molecule has 0 saturated carbocycles. The third kappa shape index (κ3) is 5.23. The second-order valence-corrected chi connectivity index (χ2v) is 9.05. The summed E-state index contributed by atoms with van der Waals surface area (Å²) in [5.74, 6) is -0.953. The summed E-state index contributed by atoms with van der Waals surface area (Å²) >= 11 is 0. The van der Waals surface area contributed by atoms with Crippen LogP contribution in [0.2, 0.25) is 0 Å². The van der Waals surface area contributed by atoms with Crippen LogP contribution in [0.1, 0.15) is 36.5 Å². The van der Waals surface area contributed by atoms with Crippen molar-refractivity contribution in [2.75, 3.05) is 26.3 Å². The summed E-state index contributed by atoms with van der Waals surface area (Å²) in [5.41, 5.74) is 7.82. The van der Waals surface area contributed by atoms with E-state index in [1.807, 2.05) is 18.2 Å². The van der Waals surface area contributed by atoms with Crippen LogP contribution in [-0.4, -0.2) is 53.7 Å². The average molecular weight is 482 g/mol. The van der Waals surface area contributed by atoms with Gasteiger partial charge in [0, 0.05) is 25.2 Å². The fraction of sp³-hybridized carbons (Fsp3) is 0.407. The Morgan fingerprint density at radius 1 is 1.14 bits per heavy atom. The Bertz CT molecular complexity index is 1090. The Hall–Kier alpha value is -3.23. The van der Waals surface area contributed by atoms with Gasteiger partial charge in [-0.3, -0.25) is 9.80 Å². The number of nitrogens with two attached hydrogens (primary N) is 1. The Kier molecular flexibility index (Phi) is 7.52. The highest BCUT2D eigenvalue weighted by Gasteiger charge is 2.50. The molecule has 35 heavy (non-hydrogen) atoms. The number of piperidine rings is 1. The van der Waals surface area contributed by atoms with E-state index in [1.165, 1.54) is 16.5 Å². The molecule has 2 aromatic rings. The molecule has 2 aliphatic rings. The maximum atomic E-state index is 14.6. The Labute approximate surface area is 205 Å². The van der Waals surface area contributed by atoms with Gasteiger partial charge in [-0.25, -0.2) is 14.0 Å². The third-order valence-corrected chi connectivity index (χ3v) is 6.88. The Balaban J connectivity index is 1.63. The Morgan fingerprint density at radius 3 is 2.49 bits per heavy atom. The van der Waals surface area contributed by atoms with Gasteiger partial charge in [-0.05, 0) is 43.9 Å². The number of carbonyl (C=O) groups excluding carboxylic acids is 2. The number of likely N-dealkylation sites (tertiary alicyclic amines) is 1. The molecule has 186 valence electrons. The van der Waals surface area contributed by atoms with Gasteiger partial charge >= 0.3 is 12.0 Å². The number of primary amides is 1. The van der Waals surface area contributed by atoms with Crippen LogP contribution in [0.4, 0.5) is 9.18 Å². The van der Waals surface area contributed by atoms with Crippen molar-refractivity contribution in [3.05, 3.63) is 82.3 Å². The van der Waals surface area contributed by atoms with Crippen LogP contribution in [0.15, 0.2) is 59.8 Å². The topological polar surface area (TPSA) is 85.1 Å². The van der Waals surface area contributed by atoms with Crippen molar-refractivity contribution in [2.24, 2.45) is 5.73 Å². The molecule has 0 bridgehead atoms. The number of rotatable bonds is 7. The molecule has 2 aromatic carbocycles. The van der Waals surface area contributed by atoms with Gasteiger partial charge in [-0.1, -0.05) is 42.5 Å². The highest BCUT2D eigenvalue weighted by molar-refractivity contribution is 5.93. The molecular weight excluding hydrogens is 449 g/mol. The number of carbonyl (C=O) groups is 2. The number of halogens is 1. The second kappa shape index (κ2) is 10.6. The van der Waals surface area contributed by atoms with Crippen molar-refractivity contribution in [3.8, 4) is 0 Å². The van der Waals surface area contributed by atoms with Crippen LogP contribution in [0.25, 0.3) is 0 Å². The second-order valence-electron chi connectivity index (χ2n) is 9.05. The van der Waals surface area contributed by atoms with Gasteiger partial charge in [0.1, 0.15) is 11.4 Å². The normalized spacial score (nSPS) is 17.6. The minimum atomic E-state index is -0.868. The summed E-state index contributed by atoms with van der Waals surface area (Å²) in [6.45, 7) is 5.87. The first kappa shape index (κ1) is 24.9.